The molecular weight excluding hydrogens is 625 g/mol. The van der Waals surface area contributed by atoms with Crippen molar-refractivity contribution >= 4 is 41.2 Å². The lowest BCUT2D eigenvalue weighted by atomic mass is 10.2. The summed E-state index contributed by atoms with van der Waals surface area (Å²) in [6, 6.07) is 8.64. The Balaban J connectivity index is 1.73. The zero-order valence-electron chi connectivity index (χ0n) is 21.3. The number of ether oxygens (including phenoxy) is 3. The average Bonchev–Trinajstić information content (AvgIpc) is 3.10. The number of carbonyl (C=O) groups excluding carboxylic acids is 1. The summed E-state index contributed by atoms with van der Waals surface area (Å²) in [7, 11) is -2.68. The predicted molar refractivity (Wildman–Crippen MR) is 144 cm³/mol. The van der Waals surface area contributed by atoms with Crippen LogP contribution in [-0.2, 0) is 28.1 Å². The molecule has 0 saturated carbocycles. The molecule has 2 unspecified atom stereocenters. The Kier molecular flexibility index (Phi) is 10.9. The number of esters is 1. The molecule has 216 valence electrons. The number of halogens is 2. The van der Waals surface area contributed by atoms with E-state index in [0.717, 1.165) is 10.6 Å². The number of alkyl halides is 2. The largest absolute Gasteiger partial charge is 0.464 e. The molecule has 0 radical (unpaired) electrons. The normalized spacial score (nSPS) is 25.9. The highest BCUT2D eigenvalue weighted by molar-refractivity contribution is 9.10. The lowest BCUT2D eigenvalue weighted by Gasteiger charge is -2.25. The van der Waals surface area contributed by atoms with Crippen LogP contribution in [0.1, 0.15) is 20.1 Å². The molecule has 1 fully saturated rings. The molecule has 1 saturated heterocycles. The van der Waals surface area contributed by atoms with E-state index >= 15 is 0 Å². The molecule has 0 aliphatic carbocycles. The Bertz CT molecular complexity index is 1280. The third-order valence-corrected chi connectivity index (χ3v) is 8.50. The van der Waals surface area contributed by atoms with Crippen molar-refractivity contribution in [2.75, 3.05) is 26.9 Å². The van der Waals surface area contributed by atoms with Gasteiger partial charge in [-0.2, -0.15) is 0 Å². The molecule has 39 heavy (non-hydrogen) atoms. The minimum atomic E-state index is -4.15. The SMILES string of the molecule is COCC(C)C(=O)OC[C@H](C)NP(=O)(OC[C@H]1O[C@@H](n2ccc(=O)[nH]c2=O)[C@](Cl)(Br)[C@@H]1O)Oc1ccccc1. The van der Waals surface area contributed by atoms with Crippen LogP contribution >= 0.6 is 35.3 Å². The van der Waals surface area contributed by atoms with Crippen molar-refractivity contribution in [2.45, 2.75) is 42.1 Å². The minimum absolute atomic E-state index is 0.148. The van der Waals surface area contributed by atoms with E-state index in [9.17, 15) is 24.1 Å². The number of aromatic nitrogens is 2. The lowest BCUT2D eigenvalue weighted by Crippen LogP contribution is -2.41. The van der Waals surface area contributed by atoms with E-state index in [-0.39, 0.29) is 19.0 Å². The van der Waals surface area contributed by atoms with Crippen molar-refractivity contribution in [1.82, 2.24) is 14.6 Å². The van der Waals surface area contributed by atoms with Gasteiger partial charge in [0.2, 0.25) is 0 Å². The fraction of sp³-hybridized carbons (Fsp3) is 0.522. The van der Waals surface area contributed by atoms with Crippen LogP contribution in [0.25, 0.3) is 0 Å². The van der Waals surface area contributed by atoms with Crippen LogP contribution in [0.2, 0.25) is 0 Å². The number of aliphatic hydroxyl groups is 1. The molecule has 16 heteroatoms. The highest BCUT2D eigenvalue weighted by atomic mass is 79.9. The molecule has 1 aromatic carbocycles. The maximum absolute atomic E-state index is 13.7. The molecule has 0 bridgehead atoms. The van der Waals surface area contributed by atoms with Gasteiger partial charge in [0.1, 0.15) is 24.6 Å². The summed E-state index contributed by atoms with van der Waals surface area (Å²) < 4.78 is 40.3. The lowest BCUT2D eigenvalue weighted by molar-refractivity contribution is -0.150. The summed E-state index contributed by atoms with van der Waals surface area (Å²) in [4.78, 5) is 37.9. The number of nitrogens with one attached hydrogen (secondary N) is 2. The second-order valence-corrected chi connectivity index (χ2v) is 13.0. The second-order valence-electron chi connectivity index (χ2n) is 8.88. The van der Waals surface area contributed by atoms with Gasteiger partial charge in [0.05, 0.1) is 19.1 Å². The third-order valence-electron chi connectivity index (χ3n) is 5.53. The van der Waals surface area contributed by atoms with Crippen molar-refractivity contribution in [3.63, 3.8) is 0 Å². The van der Waals surface area contributed by atoms with Crippen LogP contribution in [0.5, 0.6) is 5.75 Å². The molecule has 1 aliphatic heterocycles. The van der Waals surface area contributed by atoms with Crippen LogP contribution in [0, 0.1) is 5.92 Å². The van der Waals surface area contributed by atoms with E-state index in [2.05, 4.69) is 26.0 Å². The molecule has 13 nitrogen and oxygen atoms in total. The molecule has 3 N–H and O–H groups in total. The van der Waals surface area contributed by atoms with Crippen molar-refractivity contribution in [3.8, 4) is 5.75 Å². The minimum Gasteiger partial charge on any atom is -0.464 e. The topological polar surface area (TPSA) is 167 Å². The maximum atomic E-state index is 13.7. The Labute approximate surface area is 237 Å². The van der Waals surface area contributed by atoms with Crippen LogP contribution in [0.15, 0.2) is 52.2 Å². The number of hydrogen-bond donors (Lipinski definition) is 3. The number of methoxy groups -OCH3 is 1. The van der Waals surface area contributed by atoms with Gasteiger partial charge in [0, 0.05) is 25.4 Å². The Morgan fingerprint density at radius 3 is 2.62 bits per heavy atom. The first kappa shape index (κ1) is 31.5. The highest BCUT2D eigenvalue weighted by Crippen LogP contribution is 2.50. The molecule has 7 atom stereocenters. The zero-order chi connectivity index (χ0) is 28.8. The Hall–Kier alpha value is -2.03. The van der Waals surface area contributed by atoms with Crippen LogP contribution in [0.4, 0.5) is 0 Å². The van der Waals surface area contributed by atoms with Crippen LogP contribution < -0.4 is 20.9 Å². The fourth-order valence-corrected chi connectivity index (χ4v) is 6.03. The first-order valence-corrected chi connectivity index (χ1v) is 14.5. The quantitative estimate of drug-likeness (QED) is 0.164. The molecule has 0 spiro atoms. The smallest absolute Gasteiger partial charge is 0.459 e. The predicted octanol–water partition coefficient (Wildman–Crippen LogP) is 2.13. The molecular formula is C23H30BrClN3O10P. The van der Waals surface area contributed by atoms with Gasteiger partial charge < -0.3 is 23.8 Å². The van der Waals surface area contributed by atoms with Gasteiger partial charge in [-0.1, -0.05) is 45.7 Å². The van der Waals surface area contributed by atoms with Gasteiger partial charge in [0.25, 0.3) is 5.56 Å². The number of aromatic amines is 1. The van der Waals surface area contributed by atoms with Crippen LogP contribution in [-0.4, -0.2) is 69.6 Å². The molecule has 1 aromatic heterocycles. The summed E-state index contributed by atoms with van der Waals surface area (Å²) in [5.41, 5.74) is -1.43. The Morgan fingerprint density at radius 1 is 1.28 bits per heavy atom. The summed E-state index contributed by atoms with van der Waals surface area (Å²) in [6.07, 6.45) is -2.72. The van der Waals surface area contributed by atoms with Gasteiger partial charge in [-0.3, -0.25) is 23.7 Å². The molecule has 1 aliphatic rings. The van der Waals surface area contributed by atoms with Gasteiger partial charge in [0.15, 0.2) is 10.0 Å². The highest BCUT2D eigenvalue weighted by Gasteiger charge is 2.55. The number of nitrogens with zero attached hydrogens (tertiary/aromatic N) is 1. The van der Waals surface area contributed by atoms with E-state index in [1.54, 1.807) is 44.2 Å². The van der Waals surface area contributed by atoms with Gasteiger partial charge in [-0.15, -0.1) is 0 Å². The fourth-order valence-electron chi connectivity index (χ4n) is 3.57. The summed E-state index contributed by atoms with van der Waals surface area (Å²) >= 11 is 9.65. The van der Waals surface area contributed by atoms with Crippen molar-refractivity contribution in [1.29, 1.82) is 0 Å². The zero-order valence-corrected chi connectivity index (χ0v) is 24.6. The van der Waals surface area contributed by atoms with Gasteiger partial charge >= 0.3 is 19.4 Å². The number of H-pyrrole nitrogens is 1. The van der Waals surface area contributed by atoms with Crippen LogP contribution in [0.3, 0.4) is 0 Å². The molecule has 2 aromatic rings. The summed E-state index contributed by atoms with van der Waals surface area (Å²) in [5.74, 6) is -0.759. The van der Waals surface area contributed by atoms with Crippen molar-refractivity contribution in [3.05, 3.63) is 63.4 Å². The summed E-state index contributed by atoms with van der Waals surface area (Å²) in [6.45, 7) is 2.82. The van der Waals surface area contributed by atoms with Gasteiger partial charge in [-0.25, -0.2) is 14.4 Å². The maximum Gasteiger partial charge on any atom is 0.459 e. The van der Waals surface area contributed by atoms with Gasteiger partial charge in [-0.05, 0) is 26.0 Å². The monoisotopic (exact) mass is 653 g/mol. The van der Waals surface area contributed by atoms with E-state index < -0.39 is 65.8 Å². The van der Waals surface area contributed by atoms with E-state index in [1.807, 2.05) is 0 Å². The third kappa shape index (κ3) is 8.24. The van der Waals surface area contributed by atoms with E-state index in [4.69, 9.17) is 34.9 Å². The summed E-state index contributed by atoms with van der Waals surface area (Å²) in [5, 5.41) is 13.5. The second kappa shape index (κ2) is 13.6. The number of carbonyl (C=O) groups is 1. The Morgan fingerprint density at radius 2 is 1.97 bits per heavy atom. The van der Waals surface area contributed by atoms with E-state index in [1.165, 1.54) is 13.3 Å². The molecule has 2 heterocycles. The number of para-hydroxylation sites is 1. The van der Waals surface area contributed by atoms with E-state index in [0.29, 0.717) is 0 Å². The number of aliphatic hydroxyl groups excluding tert-OH is 1. The first-order chi connectivity index (χ1) is 18.4. The average molecular weight is 655 g/mol. The molecule has 0 amide bonds. The first-order valence-electron chi connectivity index (χ1n) is 11.8. The number of hydrogen-bond acceptors (Lipinski definition) is 10. The molecule has 3 rings (SSSR count). The number of rotatable bonds is 13. The van der Waals surface area contributed by atoms with Crippen molar-refractivity contribution in [2.24, 2.45) is 5.92 Å². The standard InChI is InChI=1S/C23H30BrClN3O10P/c1-14(11-34-3)20(31)35-12-15(2)27-39(33,38-16-7-5-4-6-8-16)36-13-17-19(30)23(24,25)21(37-17)28-10-9-18(29)26-22(28)32/h4-10,14-15,17,19,21,30H,11-13H2,1-3H3,(H,27,33)(H,26,29,32)/t14?,15-,17+,19+,21+,23-,39?/m0/s1. The van der Waals surface area contributed by atoms with Crippen molar-refractivity contribution < 1.29 is 37.7 Å². The number of benzene rings is 1.